The lowest BCUT2D eigenvalue weighted by Crippen LogP contribution is -2.03. The van der Waals surface area contributed by atoms with Crippen molar-refractivity contribution in [2.24, 2.45) is 5.73 Å². The molecule has 0 amide bonds. The van der Waals surface area contributed by atoms with Gasteiger partial charge in [0, 0.05) is 5.56 Å². The van der Waals surface area contributed by atoms with Gasteiger partial charge in [0.05, 0.1) is 11.3 Å². The van der Waals surface area contributed by atoms with Gasteiger partial charge in [0.25, 0.3) is 0 Å². The summed E-state index contributed by atoms with van der Waals surface area (Å²) in [6.45, 7) is 0. The molecule has 0 bridgehead atoms. The molecule has 0 aliphatic heterocycles. The Labute approximate surface area is 127 Å². The number of nitrogens with zero attached hydrogens (tertiary/aromatic N) is 3. The molecule has 0 radical (unpaired) electrons. The van der Waals surface area contributed by atoms with Crippen LogP contribution in [0.15, 0.2) is 53.2 Å². The fourth-order valence-corrected chi connectivity index (χ4v) is 2.03. The molecular formula is C17H10N4O. The van der Waals surface area contributed by atoms with E-state index in [1.54, 1.807) is 30.3 Å². The highest BCUT2D eigenvalue weighted by atomic mass is 16.3. The lowest BCUT2D eigenvalue weighted by molar-refractivity contribution is 0.475. The molecule has 104 valence electrons. The third-order valence-electron chi connectivity index (χ3n) is 3.14. The van der Waals surface area contributed by atoms with Crippen molar-refractivity contribution in [2.75, 3.05) is 0 Å². The minimum atomic E-state index is -0.340. The van der Waals surface area contributed by atoms with Gasteiger partial charge in [-0.05, 0) is 22.9 Å². The SMILES string of the molecule is N#CC(C#N)=C(N)/C(C#N)=C/c1c(O)ccc2ccccc12. The van der Waals surface area contributed by atoms with E-state index in [0.717, 1.165) is 10.8 Å². The number of benzene rings is 2. The predicted molar refractivity (Wildman–Crippen MR) is 81.6 cm³/mol. The van der Waals surface area contributed by atoms with Gasteiger partial charge in [0.1, 0.15) is 24.0 Å². The second-order valence-electron chi connectivity index (χ2n) is 4.40. The molecule has 2 rings (SSSR count). The topological polar surface area (TPSA) is 118 Å². The summed E-state index contributed by atoms with van der Waals surface area (Å²) >= 11 is 0. The quantitative estimate of drug-likeness (QED) is 0.650. The Morgan fingerprint density at radius 1 is 1.00 bits per heavy atom. The van der Waals surface area contributed by atoms with Crippen molar-refractivity contribution in [1.29, 1.82) is 15.8 Å². The van der Waals surface area contributed by atoms with Crippen LogP contribution < -0.4 is 5.73 Å². The number of allylic oxidation sites excluding steroid dienone is 2. The third kappa shape index (κ3) is 2.58. The van der Waals surface area contributed by atoms with Gasteiger partial charge in [0.15, 0.2) is 5.57 Å². The Kier molecular flexibility index (Phi) is 4.09. The van der Waals surface area contributed by atoms with E-state index in [0.29, 0.717) is 5.56 Å². The molecule has 0 unspecified atom stereocenters. The Morgan fingerprint density at radius 3 is 2.32 bits per heavy atom. The van der Waals surface area contributed by atoms with Crippen LogP contribution in [-0.2, 0) is 0 Å². The second-order valence-corrected chi connectivity index (χ2v) is 4.40. The fraction of sp³-hybridized carbons (Fsp3) is 0. The molecule has 5 nitrogen and oxygen atoms in total. The summed E-state index contributed by atoms with van der Waals surface area (Å²) in [7, 11) is 0. The first-order valence-corrected chi connectivity index (χ1v) is 6.25. The average molecular weight is 286 g/mol. The van der Waals surface area contributed by atoms with Gasteiger partial charge in [-0.3, -0.25) is 0 Å². The molecule has 0 heterocycles. The minimum absolute atomic E-state index is 0.0188. The van der Waals surface area contributed by atoms with Crippen LogP contribution in [0.1, 0.15) is 5.56 Å². The molecule has 0 aliphatic carbocycles. The number of hydrogen-bond acceptors (Lipinski definition) is 5. The summed E-state index contributed by atoms with van der Waals surface area (Å²) in [4.78, 5) is 0. The lowest BCUT2D eigenvalue weighted by Gasteiger charge is -2.06. The number of nitriles is 3. The van der Waals surface area contributed by atoms with Gasteiger partial charge in [-0.1, -0.05) is 30.3 Å². The van der Waals surface area contributed by atoms with Crippen LogP contribution in [0.25, 0.3) is 16.8 Å². The molecule has 3 N–H and O–H groups in total. The van der Waals surface area contributed by atoms with Crippen LogP contribution in [0.5, 0.6) is 5.75 Å². The summed E-state index contributed by atoms with van der Waals surface area (Å²) < 4.78 is 0. The summed E-state index contributed by atoms with van der Waals surface area (Å²) in [5.41, 5.74) is 5.51. The van der Waals surface area contributed by atoms with E-state index in [1.807, 2.05) is 18.2 Å². The van der Waals surface area contributed by atoms with Crippen LogP contribution in [0.4, 0.5) is 0 Å². The third-order valence-corrected chi connectivity index (χ3v) is 3.14. The molecule has 2 aromatic carbocycles. The van der Waals surface area contributed by atoms with E-state index in [1.165, 1.54) is 12.1 Å². The molecule has 2 aromatic rings. The van der Waals surface area contributed by atoms with Gasteiger partial charge in [-0.2, -0.15) is 15.8 Å². The maximum Gasteiger partial charge on any atom is 0.153 e. The van der Waals surface area contributed by atoms with Crippen molar-refractivity contribution >= 4 is 16.8 Å². The van der Waals surface area contributed by atoms with Crippen LogP contribution in [0.2, 0.25) is 0 Å². The van der Waals surface area contributed by atoms with Crippen molar-refractivity contribution in [3.63, 3.8) is 0 Å². The first-order chi connectivity index (χ1) is 10.6. The Morgan fingerprint density at radius 2 is 1.68 bits per heavy atom. The van der Waals surface area contributed by atoms with Gasteiger partial charge >= 0.3 is 0 Å². The van der Waals surface area contributed by atoms with Gasteiger partial charge < -0.3 is 10.8 Å². The Hall–Kier alpha value is -3.75. The van der Waals surface area contributed by atoms with Crippen LogP contribution in [-0.4, -0.2) is 5.11 Å². The van der Waals surface area contributed by atoms with Gasteiger partial charge in [-0.15, -0.1) is 0 Å². The van der Waals surface area contributed by atoms with E-state index >= 15 is 0 Å². The minimum Gasteiger partial charge on any atom is -0.507 e. The number of rotatable bonds is 2. The van der Waals surface area contributed by atoms with Crippen molar-refractivity contribution in [2.45, 2.75) is 0 Å². The highest BCUT2D eigenvalue weighted by Gasteiger charge is 2.11. The molecule has 0 saturated carbocycles. The van der Waals surface area contributed by atoms with E-state index < -0.39 is 0 Å². The number of fused-ring (bicyclic) bond motifs is 1. The van der Waals surface area contributed by atoms with Crippen molar-refractivity contribution in [3.8, 4) is 24.0 Å². The Bertz CT molecular complexity index is 918. The number of phenolic OH excluding ortho intramolecular Hbond substituents is 1. The van der Waals surface area contributed by atoms with Crippen LogP contribution in [0.3, 0.4) is 0 Å². The fourth-order valence-electron chi connectivity index (χ4n) is 2.03. The first-order valence-electron chi connectivity index (χ1n) is 6.25. The summed E-state index contributed by atoms with van der Waals surface area (Å²) in [5.74, 6) is -0.0188. The van der Waals surface area contributed by atoms with Crippen molar-refractivity contribution in [3.05, 3.63) is 58.8 Å². The first kappa shape index (κ1) is 14.7. The average Bonchev–Trinajstić information content (AvgIpc) is 2.55. The Balaban J connectivity index is 2.75. The van der Waals surface area contributed by atoms with E-state index in [2.05, 4.69) is 0 Å². The van der Waals surface area contributed by atoms with Crippen molar-refractivity contribution in [1.82, 2.24) is 0 Å². The van der Waals surface area contributed by atoms with Crippen LogP contribution >= 0.6 is 0 Å². The molecule has 0 saturated heterocycles. The molecular weight excluding hydrogens is 276 g/mol. The zero-order valence-electron chi connectivity index (χ0n) is 11.4. The van der Waals surface area contributed by atoms with Gasteiger partial charge in [-0.25, -0.2) is 0 Å². The zero-order chi connectivity index (χ0) is 16.1. The number of nitrogens with two attached hydrogens (primary N) is 1. The summed E-state index contributed by atoms with van der Waals surface area (Å²) in [5, 5.41) is 38.6. The summed E-state index contributed by atoms with van der Waals surface area (Å²) in [6.07, 6.45) is 1.38. The normalized spacial score (nSPS) is 10.3. The molecule has 22 heavy (non-hydrogen) atoms. The second kappa shape index (κ2) is 6.13. The molecule has 0 atom stereocenters. The maximum absolute atomic E-state index is 10.0. The lowest BCUT2D eigenvalue weighted by atomic mass is 10.00. The highest BCUT2D eigenvalue weighted by molar-refractivity contribution is 5.94. The molecule has 5 heteroatoms. The highest BCUT2D eigenvalue weighted by Crippen LogP contribution is 2.30. The predicted octanol–water partition coefficient (Wildman–Crippen LogP) is 2.71. The molecule has 0 aromatic heterocycles. The number of phenols is 1. The molecule has 0 aliphatic rings. The standard InChI is InChI=1S/C17H10N4O/c18-8-12(17(21)13(9-19)10-20)7-15-14-4-2-1-3-11(14)5-6-16(15)22/h1-7,22H,21H2/b12-7+. The van der Waals surface area contributed by atoms with Crippen molar-refractivity contribution < 1.29 is 5.11 Å². The maximum atomic E-state index is 10.0. The van der Waals surface area contributed by atoms with E-state index in [-0.39, 0.29) is 22.6 Å². The van der Waals surface area contributed by atoms with Gasteiger partial charge in [0.2, 0.25) is 0 Å². The molecule has 0 fully saturated rings. The monoisotopic (exact) mass is 286 g/mol. The van der Waals surface area contributed by atoms with E-state index in [9.17, 15) is 10.4 Å². The van der Waals surface area contributed by atoms with Crippen LogP contribution in [0, 0.1) is 34.0 Å². The van der Waals surface area contributed by atoms with E-state index in [4.69, 9.17) is 16.3 Å². The summed E-state index contributed by atoms with van der Waals surface area (Å²) in [6, 6.07) is 15.7. The molecule has 0 spiro atoms. The number of hydrogen-bond donors (Lipinski definition) is 2. The smallest absolute Gasteiger partial charge is 0.153 e. The largest absolute Gasteiger partial charge is 0.507 e. The number of aromatic hydroxyl groups is 1. The zero-order valence-corrected chi connectivity index (χ0v) is 11.4.